The highest BCUT2D eigenvalue weighted by Gasteiger charge is 2.10. The number of para-hydroxylation sites is 1. The Morgan fingerprint density at radius 3 is 2.71 bits per heavy atom. The summed E-state index contributed by atoms with van der Waals surface area (Å²) in [4.78, 5) is 6.33. The molecule has 0 radical (unpaired) electrons. The van der Waals surface area contributed by atoms with Crippen molar-refractivity contribution < 1.29 is 9.84 Å². The monoisotopic (exact) mass is 286 g/mol. The van der Waals surface area contributed by atoms with Crippen LogP contribution in [0.1, 0.15) is 18.1 Å². The molecule has 21 heavy (non-hydrogen) atoms. The van der Waals surface area contributed by atoms with Crippen LogP contribution < -0.4 is 4.74 Å². The van der Waals surface area contributed by atoms with Crippen molar-refractivity contribution in [1.29, 1.82) is 0 Å². The number of benzene rings is 1. The second-order valence-electron chi connectivity index (χ2n) is 4.84. The van der Waals surface area contributed by atoms with Crippen molar-refractivity contribution in [3.63, 3.8) is 0 Å². The lowest BCUT2D eigenvalue weighted by atomic mass is 10.1. The van der Waals surface area contributed by atoms with Gasteiger partial charge in [-0.3, -0.25) is 9.88 Å². The van der Waals surface area contributed by atoms with E-state index >= 15 is 0 Å². The van der Waals surface area contributed by atoms with E-state index in [0.717, 1.165) is 30.0 Å². The van der Waals surface area contributed by atoms with Gasteiger partial charge in [-0.2, -0.15) is 0 Å². The lowest BCUT2D eigenvalue weighted by molar-refractivity contribution is 0.182. The Hall–Kier alpha value is -1.91. The number of pyridine rings is 1. The fourth-order valence-electron chi connectivity index (χ4n) is 2.28. The zero-order chi connectivity index (χ0) is 14.9. The molecule has 0 unspecified atom stereocenters. The summed E-state index contributed by atoms with van der Waals surface area (Å²) >= 11 is 0. The van der Waals surface area contributed by atoms with E-state index < -0.39 is 0 Å². The number of hydrogen-bond donors (Lipinski definition) is 1. The summed E-state index contributed by atoms with van der Waals surface area (Å²) in [6, 6.07) is 12.0. The van der Waals surface area contributed by atoms with Crippen molar-refractivity contribution in [3.05, 3.63) is 59.9 Å². The average Bonchev–Trinajstić information content (AvgIpc) is 2.51. The van der Waals surface area contributed by atoms with Gasteiger partial charge in [0, 0.05) is 37.6 Å². The fourth-order valence-corrected chi connectivity index (χ4v) is 2.28. The minimum absolute atomic E-state index is 0.136. The van der Waals surface area contributed by atoms with Crippen LogP contribution in [0.5, 0.6) is 5.75 Å². The molecule has 0 atom stereocenters. The number of ether oxygens (including phenoxy) is 1. The highest BCUT2D eigenvalue weighted by Crippen LogP contribution is 2.20. The number of aromatic nitrogens is 1. The van der Waals surface area contributed by atoms with Crippen LogP contribution in [-0.4, -0.2) is 34.7 Å². The zero-order valence-corrected chi connectivity index (χ0v) is 12.4. The van der Waals surface area contributed by atoms with E-state index in [0.29, 0.717) is 13.2 Å². The number of aliphatic hydroxyl groups excluding tert-OH is 1. The molecule has 1 heterocycles. The molecule has 2 rings (SSSR count). The molecule has 0 saturated heterocycles. The first-order valence-electron chi connectivity index (χ1n) is 7.26. The van der Waals surface area contributed by atoms with Gasteiger partial charge in [-0.25, -0.2) is 0 Å². The predicted octanol–water partition coefficient (Wildman–Crippen LogP) is 2.47. The molecule has 2 aromatic rings. The van der Waals surface area contributed by atoms with E-state index in [-0.39, 0.29) is 6.61 Å². The van der Waals surface area contributed by atoms with E-state index in [1.54, 1.807) is 6.20 Å². The molecule has 4 nitrogen and oxygen atoms in total. The van der Waals surface area contributed by atoms with E-state index in [2.05, 4.69) is 16.0 Å². The first-order chi connectivity index (χ1) is 10.3. The molecule has 0 amide bonds. The average molecular weight is 286 g/mol. The lowest BCUT2D eigenvalue weighted by Gasteiger charge is -2.22. The van der Waals surface area contributed by atoms with Crippen molar-refractivity contribution >= 4 is 0 Å². The quantitative estimate of drug-likeness (QED) is 0.810. The summed E-state index contributed by atoms with van der Waals surface area (Å²) in [6.07, 6.45) is 3.63. The maximum absolute atomic E-state index is 9.28. The minimum atomic E-state index is 0.136. The Balaban J connectivity index is 2.09. The van der Waals surface area contributed by atoms with Crippen LogP contribution in [0, 0.1) is 0 Å². The van der Waals surface area contributed by atoms with Crippen molar-refractivity contribution in [2.45, 2.75) is 20.0 Å². The lowest BCUT2D eigenvalue weighted by Crippen LogP contribution is -2.26. The Morgan fingerprint density at radius 1 is 1.14 bits per heavy atom. The molecule has 0 saturated carbocycles. The van der Waals surface area contributed by atoms with Crippen LogP contribution in [-0.2, 0) is 13.1 Å². The van der Waals surface area contributed by atoms with Crippen LogP contribution in [0.3, 0.4) is 0 Å². The number of hydrogen-bond acceptors (Lipinski definition) is 4. The second kappa shape index (κ2) is 8.39. The molecule has 0 fully saturated rings. The highest BCUT2D eigenvalue weighted by atomic mass is 16.5. The van der Waals surface area contributed by atoms with Crippen molar-refractivity contribution in [1.82, 2.24) is 9.88 Å². The van der Waals surface area contributed by atoms with Gasteiger partial charge in [-0.15, -0.1) is 0 Å². The Morgan fingerprint density at radius 2 is 2.00 bits per heavy atom. The van der Waals surface area contributed by atoms with Gasteiger partial charge in [-0.05, 0) is 24.6 Å². The molecule has 0 spiro atoms. The largest absolute Gasteiger partial charge is 0.494 e. The van der Waals surface area contributed by atoms with Gasteiger partial charge in [0.1, 0.15) is 5.75 Å². The molecule has 1 aromatic carbocycles. The van der Waals surface area contributed by atoms with Crippen molar-refractivity contribution in [2.75, 3.05) is 19.8 Å². The summed E-state index contributed by atoms with van der Waals surface area (Å²) in [6.45, 7) is 4.89. The summed E-state index contributed by atoms with van der Waals surface area (Å²) in [5.74, 6) is 0.911. The van der Waals surface area contributed by atoms with E-state index in [1.165, 1.54) is 0 Å². The smallest absolute Gasteiger partial charge is 0.123 e. The third kappa shape index (κ3) is 4.85. The maximum atomic E-state index is 9.28. The van der Waals surface area contributed by atoms with E-state index in [9.17, 15) is 5.11 Å². The van der Waals surface area contributed by atoms with E-state index in [4.69, 9.17) is 4.74 Å². The maximum Gasteiger partial charge on any atom is 0.123 e. The van der Waals surface area contributed by atoms with Gasteiger partial charge in [0.25, 0.3) is 0 Å². The van der Waals surface area contributed by atoms with Gasteiger partial charge in [0.15, 0.2) is 0 Å². The molecule has 4 heteroatoms. The standard InChI is InChI=1S/C17H22N2O2/c1-2-21-17-8-4-3-7-16(17)14-19(10-11-20)13-15-6-5-9-18-12-15/h3-9,12,20H,2,10-11,13-14H2,1H3. The molecule has 0 aliphatic rings. The summed E-state index contributed by atoms with van der Waals surface area (Å²) in [7, 11) is 0. The summed E-state index contributed by atoms with van der Waals surface area (Å²) in [5, 5.41) is 9.28. The van der Waals surface area contributed by atoms with Crippen LogP contribution in [0.25, 0.3) is 0 Å². The molecule has 1 aromatic heterocycles. The van der Waals surface area contributed by atoms with Crippen molar-refractivity contribution in [2.24, 2.45) is 0 Å². The van der Waals surface area contributed by atoms with Crippen LogP contribution in [0.15, 0.2) is 48.8 Å². The van der Waals surface area contributed by atoms with E-state index in [1.807, 2.05) is 43.5 Å². The van der Waals surface area contributed by atoms with Crippen molar-refractivity contribution in [3.8, 4) is 5.75 Å². The molecule has 112 valence electrons. The number of rotatable bonds is 8. The highest BCUT2D eigenvalue weighted by molar-refractivity contribution is 5.33. The number of nitrogens with zero attached hydrogens (tertiary/aromatic N) is 2. The second-order valence-corrected chi connectivity index (χ2v) is 4.84. The number of aliphatic hydroxyl groups is 1. The third-order valence-electron chi connectivity index (χ3n) is 3.21. The topological polar surface area (TPSA) is 45.6 Å². The molecular formula is C17H22N2O2. The molecule has 0 aliphatic heterocycles. The Kier molecular flexibility index (Phi) is 6.19. The van der Waals surface area contributed by atoms with Gasteiger partial charge < -0.3 is 9.84 Å². The van der Waals surface area contributed by atoms with Gasteiger partial charge in [0.05, 0.1) is 13.2 Å². The zero-order valence-electron chi connectivity index (χ0n) is 12.4. The summed E-state index contributed by atoms with van der Waals surface area (Å²) < 4.78 is 5.66. The van der Waals surface area contributed by atoms with Crippen LogP contribution in [0.2, 0.25) is 0 Å². The first kappa shape index (κ1) is 15.5. The normalized spacial score (nSPS) is 10.8. The third-order valence-corrected chi connectivity index (χ3v) is 3.21. The van der Waals surface area contributed by atoms with Gasteiger partial charge in [-0.1, -0.05) is 24.3 Å². The van der Waals surface area contributed by atoms with Crippen LogP contribution >= 0.6 is 0 Å². The first-order valence-corrected chi connectivity index (χ1v) is 7.26. The van der Waals surface area contributed by atoms with Crippen LogP contribution in [0.4, 0.5) is 0 Å². The minimum Gasteiger partial charge on any atom is -0.494 e. The fraction of sp³-hybridized carbons (Fsp3) is 0.353. The van der Waals surface area contributed by atoms with Gasteiger partial charge in [0.2, 0.25) is 0 Å². The molecular weight excluding hydrogens is 264 g/mol. The molecule has 0 aliphatic carbocycles. The molecule has 0 bridgehead atoms. The Labute approximate surface area is 126 Å². The van der Waals surface area contributed by atoms with Gasteiger partial charge >= 0.3 is 0 Å². The Bertz CT molecular complexity index is 531. The predicted molar refractivity (Wildman–Crippen MR) is 83.0 cm³/mol. The SMILES string of the molecule is CCOc1ccccc1CN(CCO)Cc1cccnc1. The summed E-state index contributed by atoms with van der Waals surface area (Å²) in [5.41, 5.74) is 2.27. The molecule has 1 N–H and O–H groups in total.